The fourth-order valence-corrected chi connectivity index (χ4v) is 7.05. The number of nitrogens with zero attached hydrogens (tertiary/aromatic N) is 3. The third-order valence-electron chi connectivity index (χ3n) is 5.72. The van der Waals surface area contributed by atoms with Crippen molar-refractivity contribution in [2.75, 3.05) is 13.7 Å². The molecule has 1 fully saturated rings. The lowest BCUT2D eigenvalue weighted by Gasteiger charge is -2.24. The first kappa shape index (κ1) is 20.2. The summed E-state index contributed by atoms with van der Waals surface area (Å²) >= 11 is 1.26. The van der Waals surface area contributed by atoms with Gasteiger partial charge in [-0.05, 0) is 54.1 Å². The number of methoxy groups -OCH3 is 1. The van der Waals surface area contributed by atoms with Gasteiger partial charge in [-0.15, -0.1) is 11.3 Å². The van der Waals surface area contributed by atoms with Gasteiger partial charge in [-0.25, -0.2) is 13.4 Å². The first-order valence-electron chi connectivity index (χ1n) is 10.2. The van der Waals surface area contributed by atoms with E-state index in [4.69, 9.17) is 9.72 Å². The van der Waals surface area contributed by atoms with Crippen molar-refractivity contribution in [1.82, 2.24) is 13.9 Å². The van der Waals surface area contributed by atoms with Gasteiger partial charge in [0.05, 0.1) is 24.2 Å². The molecule has 0 unspecified atom stereocenters. The number of thiophene rings is 1. The molecule has 2 aromatic heterocycles. The summed E-state index contributed by atoms with van der Waals surface area (Å²) in [5.74, 6) is 1.59. The molecule has 0 radical (unpaired) electrons. The Morgan fingerprint density at radius 2 is 2.00 bits per heavy atom. The lowest BCUT2D eigenvalue weighted by atomic mass is 10.2. The van der Waals surface area contributed by atoms with Crippen molar-refractivity contribution in [2.45, 2.75) is 29.6 Å². The Bertz CT molecular complexity index is 1310. The molecule has 0 spiro atoms. The van der Waals surface area contributed by atoms with Crippen molar-refractivity contribution < 1.29 is 13.2 Å². The van der Waals surface area contributed by atoms with Crippen LogP contribution >= 0.6 is 11.3 Å². The predicted molar refractivity (Wildman–Crippen MR) is 122 cm³/mol. The number of hydrogen-bond acceptors (Lipinski definition) is 5. The van der Waals surface area contributed by atoms with Gasteiger partial charge in [-0.1, -0.05) is 30.3 Å². The van der Waals surface area contributed by atoms with Crippen LogP contribution in [0.15, 0.2) is 70.3 Å². The maximum atomic E-state index is 13.3. The second kappa shape index (κ2) is 8.11. The maximum absolute atomic E-state index is 13.3. The molecular weight excluding hydrogens is 430 g/mol. The molecule has 0 bridgehead atoms. The Morgan fingerprint density at radius 1 is 1.13 bits per heavy atom. The van der Waals surface area contributed by atoms with E-state index in [1.807, 2.05) is 42.5 Å². The van der Waals surface area contributed by atoms with E-state index in [1.54, 1.807) is 28.9 Å². The number of hydrogen-bond donors (Lipinski definition) is 0. The first-order chi connectivity index (χ1) is 15.1. The summed E-state index contributed by atoms with van der Waals surface area (Å²) in [5, 5.41) is 1.80. The molecule has 0 aliphatic carbocycles. The monoisotopic (exact) mass is 453 g/mol. The molecule has 0 amide bonds. The standard InChI is InChI=1S/C23H23N3O3S2/c1-29-18-8-4-7-17(15-18)16-25-20-10-3-2-9-19(20)24-23(25)21-11-5-13-26(21)31(27,28)22-12-6-14-30-22/h2-4,6-10,12,14-15,21H,5,11,13,16H2,1H3/t21-/m0/s1. The summed E-state index contributed by atoms with van der Waals surface area (Å²) in [6.07, 6.45) is 1.57. The van der Waals surface area contributed by atoms with Gasteiger partial charge in [0.1, 0.15) is 15.8 Å². The lowest BCUT2D eigenvalue weighted by molar-refractivity contribution is 0.377. The Labute approximate surface area is 185 Å². The third kappa shape index (κ3) is 3.64. The van der Waals surface area contributed by atoms with Crippen LogP contribution < -0.4 is 4.74 Å². The zero-order valence-corrected chi connectivity index (χ0v) is 18.8. The molecule has 1 atom stereocenters. The Kier molecular flexibility index (Phi) is 5.29. The second-order valence-corrected chi connectivity index (χ2v) is 10.7. The van der Waals surface area contributed by atoms with E-state index in [9.17, 15) is 8.42 Å². The van der Waals surface area contributed by atoms with E-state index in [0.717, 1.165) is 41.0 Å². The zero-order chi connectivity index (χ0) is 21.4. The van der Waals surface area contributed by atoms with Crippen molar-refractivity contribution in [1.29, 1.82) is 0 Å². The first-order valence-corrected chi connectivity index (χ1v) is 12.5. The molecule has 1 saturated heterocycles. The summed E-state index contributed by atoms with van der Waals surface area (Å²) < 4.78 is 36.2. The van der Waals surface area contributed by atoms with Gasteiger partial charge in [0.25, 0.3) is 10.0 Å². The van der Waals surface area contributed by atoms with Gasteiger partial charge in [-0.2, -0.15) is 4.31 Å². The highest BCUT2D eigenvalue weighted by Gasteiger charge is 2.39. The number of fused-ring (bicyclic) bond motifs is 1. The lowest BCUT2D eigenvalue weighted by Crippen LogP contribution is -2.31. The van der Waals surface area contributed by atoms with Crippen LogP contribution in [0.3, 0.4) is 0 Å². The molecule has 1 aliphatic heterocycles. The average molecular weight is 454 g/mol. The van der Waals surface area contributed by atoms with E-state index in [-0.39, 0.29) is 6.04 Å². The van der Waals surface area contributed by atoms with Crippen molar-refractivity contribution >= 4 is 32.4 Å². The highest BCUT2D eigenvalue weighted by atomic mass is 32.2. The minimum atomic E-state index is -3.55. The summed E-state index contributed by atoms with van der Waals surface area (Å²) in [4.78, 5) is 4.91. The average Bonchev–Trinajstić information content (AvgIpc) is 3.54. The molecule has 3 heterocycles. The van der Waals surface area contributed by atoms with Crippen LogP contribution in [0.1, 0.15) is 30.3 Å². The van der Waals surface area contributed by atoms with Crippen LogP contribution in [-0.4, -0.2) is 35.9 Å². The highest BCUT2D eigenvalue weighted by molar-refractivity contribution is 7.91. The van der Waals surface area contributed by atoms with E-state index in [1.165, 1.54) is 11.3 Å². The predicted octanol–water partition coefficient (Wildman–Crippen LogP) is 4.68. The van der Waals surface area contributed by atoms with Crippen LogP contribution in [0, 0.1) is 0 Å². The summed E-state index contributed by atoms with van der Waals surface area (Å²) in [7, 11) is -1.90. The number of rotatable bonds is 6. The Morgan fingerprint density at radius 3 is 2.81 bits per heavy atom. The zero-order valence-electron chi connectivity index (χ0n) is 17.1. The Balaban J connectivity index is 1.60. The van der Waals surface area contributed by atoms with Gasteiger partial charge >= 0.3 is 0 Å². The highest BCUT2D eigenvalue weighted by Crippen LogP contribution is 2.38. The van der Waals surface area contributed by atoms with Crippen LogP contribution in [-0.2, 0) is 16.6 Å². The minimum Gasteiger partial charge on any atom is -0.497 e. The van der Waals surface area contributed by atoms with Gasteiger partial charge in [0.15, 0.2) is 0 Å². The number of aromatic nitrogens is 2. The van der Waals surface area contributed by atoms with Crippen molar-refractivity contribution in [3.63, 3.8) is 0 Å². The largest absolute Gasteiger partial charge is 0.497 e. The molecular formula is C23H23N3O3S2. The van der Waals surface area contributed by atoms with Crippen LogP contribution in [0.25, 0.3) is 11.0 Å². The van der Waals surface area contributed by atoms with Crippen molar-refractivity contribution in [3.05, 3.63) is 77.4 Å². The number of imidazole rings is 1. The number of benzene rings is 2. The molecule has 2 aromatic carbocycles. The minimum absolute atomic E-state index is 0.287. The normalized spacial score (nSPS) is 17.4. The summed E-state index contributed by atoms with van der Waals surface area (Å²) in [6, 6.07) is 19.1. The number of ether oxygens (including phenoxy) is 1. The third-order valence-corrected chi connectivity index (χ3v) is 9.00. The quantitative estimate of drug-likeness (QED) is 0.425. The smallest absolute Gasteiger partial charge is 0.253 e. The van der Waals surface area contributed by atoms with E-state index >= 15 is 0 Å². The maximum Gasteiger partial charge on any atom is 0.253 e. The van der Waals surface area contributed by atoms with Gasteiger partial charge < -0.3 is 9.30 Å². The molecule has 5 rings (SSSR count). The number of sulfonamides is 1. The summed E-state index contributed by atoms with van der Waals surface area (Å²) in [6.45, 7) is 1.10. The fourth-order valence-electron chi connectivity index (χ4n) is 4.28. The van der Waals surface area contributed by atoms with Crippen molar-refractivity contribution in [2.24, 2.45) is 0 Å². The van der Waals surface area contributed by atoms with Gasteiger partial charge in [0, 0.05) is 13.1 Å². The number of para-hydroxylation sites is 2. The molecule has 0 saturated carbocycles. The Hall–Kier alpha value is -2.68. The molecule has 160 valence electrons. The summed E-state index contributed by atoms with van der Waals surface area (Å²) in [5.41, 5.74) is 2.95. The van der Waals surface area contributed by atoms with Crippen LogP contribution in [0.5, 0.6) is 5.75 Å². The van der Waals surface area contributed by atoms with E-state index in [2.05, 4.69) is 10.6 Å². The van der Waals surface area contributed by atoms with Crippen LogP contribution in [0.2, 0.25) is 0 Å². The van der Waals surface area contributed by atoms with Gasteiger partial charge in [-0.3, -0.25) is 0 Å². The molecule has 31 heavy (non-hydrogen) atoms. The topological polar surface area (TPSA) is 64.4 Å². The fraction of sp³-hybridized carbons (Fsp3) is 0.261. The van der Waals surface area contributed by atoms with Crippen LogP contribution in [0.4, 0.5) is 0 Å². The van der Waals surface area contributed by atoms with Crippen molar-refractivity contribution in [3.8, 4) is 5.75 Å². The SMILES string of the molecule is COc1cccc(Cn2c([C@@H]3CCCN3S(=O)(=O)c3cccs3)nc3ccccc32)c1. The van der Waals surface area contributed by atoms with E-state index in [0.29, 0.717) is 17.3 Å². The second-order valence-electron chi connectivity index (χ2n) is 7.60. The molecule has 4 aromatic rings. The molecule has 6 nitrogen and oxygen atoms in total. The van der Waals surface area contributed by atoms with E-state index < -0.39 is 10.0 Å². The molecule has 8 heteroatoms. The molecule has 1 aliphatic rings. The van der Waals surface area contributed by atoms with Gasteiger partial charge in [0.2, 0.25) is 0 Å². The molecule has 0 N–H and O–H groups in total.